The first-order valence-electron chi connectivity index (χ1n) is 9.28. The molecule has 0 saturated heterocycles. The lowest BCUT2D eigenvalue weighted by Gasteiger charge is -2.09. The van der Waals surface area contributed by atoms with Gasteiger partial charge in [-0.2, -0.15) is 0 Å². The van der Waals surface area contributed by atoms with Crippen LogP contribution in [0.15, 0.2) is 97.2 Å². The summed E-state index contributed by atoms with van der Waals surface area (Å²) in [4.78, 5) is 3.34. The van der Waals surface area contributed by atoms with Gasteiger partial charge in [-0.05, 0) is 91.6 Å². The number of nitrogens with one attached hydrogen (secondary N) is 1. The quantitative estimate of drug-likeness (QED) is 0.302. The monoisotopic (exact) mass is 343 g/mol. The fraction of sp³-hybridized carbons (Fsp3) is 0. The Labute approximate surface area is 156 Å². The Bertz CT molecular complexity index is 1460. The molecule has 0 radical (unpaired) electrons. The summed E-state index contributed by atoms with van der Waals surface area (Å²) in [6, 6.07) is 33.1. The van der Waals surface area contributed by atoms with E-state index in [1.165, 1.54) is 48.7 Å². The third-order valence-corrected chi connectivity index (χ3v) is 5.55. The number of fused-ring (bicyclic) bond motifs is 4. The molecule has 0 bridgehead atoms. The van der Waals surface area contributed by atoms with Crippen molar-refractivity contribution in [3.05, 3.63) is 97.2 Å². The minimum Gasteiger partial charge on any atom is -0.361 e. The third-order valence-electron chi connectivity index (χ3n) is 5.55. The Kier molecular flexibility index (Phi) is 2.95. The predicted octanol–water partition coefficient (Wildman–Crippen LogP) is 7.29. The van der Waals surface area contributed by atoms with E-state index in [4.69, 9.17) is 0 Å². The van der Waals surface area contributed by atoms with Crippen molar-refractivity contribution in [1.29, 1.82) is 0 Å². The molecule has 6 aromatic rings. The molecule has 0 aliphatic rings. The van der Waals surface area contributed by atoms with Gasteiger partial charge >= 0.3 is 0 Å². The van der Waals surface area contributed by atoms with Gasteiger partial charge in [0.1, 0.15) is 0 Å². The maximum absolute atomic E-state index is 3.34. The first-order chi connectivity index (χ1) is 13.3. The lowest BCUT2D eigenvalue weighted by atomic mass is 9.95. The molecule has 1 aromatic heterocycles. The maximum Gasteiger partial charge on any atom is 0.0460 e. The lowest BCUT2D eigenvalue weighted by molar-refractivity contribution is 1.41. The highest BCUT2D eigenvalue weighted by Gasteiger charge is 2.07. The average Bonchev–Trinajstić information content (AvgIpc) is 3.23. The highest BCUT2D eigenvalue weighted by molar-refractivity contribution is 6.10. The number of benzene rings is 5. The molecule has 6 rings (SSSR count). The van der Waals surface area contributed by atoms with Gasteiger partial charge in [-0.3, -0.25) is 0 Å². The number of hydrogen-bond acceptors (Lipinski definition) is 0. The molecule has 0 aliphatic heterocycles. The van der Waals surface area contributed by atoms with Crippen LogP contribution in [0.25, 0.3) is 54.3 Å². The van der Waals surface area contributed by atoms with Gasteiger partial charge in [0.25, 0.3) is 0 Å². The molecular formula is C26H17N. The third kappa shape index (κ3) is 2.25. The standard InChI is InChI=1S/C26H17N/c1-2-6-18-12-21-15-23-16-25-19(7-3-8-24(25)26-9-4-10-27-26)13-22(23)14-20(21)11-17(18)5-1/h1-16,27H. The molecule has 0 unspecified atom stereocenters. The van der Waals surface area contributed by atoms with Gasteiger partial charge in [0.05, 0.1) is 0 Å². The number of aromatic amines is 1. The van der Waals surface area contributed by atoms with Gasteiger partial charge in [-0.15, -0.1) is 0 Å². The second-order valence-corrected chi connectivity index (χ2v) is 7.21. The van der Waals surface area contributed by atoms with Crippen molar-refractivity contribution in [1.82, 2.24) is 4.98 Å². The van der Waals surface area contributed by atoms with Crippen molar-refractivity contribution in [3.8, 4) is 11.3 Å². The van der Waals surface area contributed by atoms with Crippen LogP contribution in [0.4, 0.5) is 0 Å². The van der Waals surface area contributed by atoms with Gasteiger partial charge in [-0.25, -0.2) is 0 Å². The van der Waals surface area contributed by atoms with Gasteiger partial charge in [-0.1, -0.05) is 42.5 Å². The van der Waals surface area contributed by atoms with E-state index in [2.05, 4.69) is 89.9 Å². The Morgan fingerprint density at radius 1 is 0.444 bits per heavy atom. The molecule has 0 spiro atoms. The molecule has 27 heavy (non-hydrogen) atoms. The summed E-state index contributed by atoms with van der Waals surface area (Å²) in [6.45, 7) is 0. The molecule has 1 heterocycles. The lowest BCUT2D eigenvalue weighted by Crippen LogP contribution is -1.84. The fourth-order valence-corrected chi connectivity index (χ4v) is 4.20. The Morgan fingerprint density at radius 3 is 1.70 bits per heavy atom. The van der Waals surface area contributed by atoms with Crippen LogP contribution in [-0.4, -0.2) is 4.98 Å². The van der Waals surface area contributed by atoms with Gasteiger partial charge in [0.15, 0.2) is 0 Å². The predicted molar refractivity (Wildman–Crippen MR) is 116 cm³/mol. The minimum atomic E-state index is 1.16. The zero-order valence-electron chi connectivity index (χ0n) is 14.7. The van der Waals surface area contributed by atoms with E-state index in [0.717, 1.165) is 5.69 Å². The summed E-state index contributed by atoms with van der Waals surface area (Å²) in [5.74, 6) is 0. The van der Waals surface area contributed by atoms with E-state index in [9.17, 15) is 0 Å². The first kappa shape index (κ1) is 14.6. The average molecular weight is 343 g/mol. The second-order valence-electron chi connectivity index (χ2n) is 7.21. The fourth-order valence-electron chi connectivity index (χ4n) is 4.20. The van der Waals surface area contributed by atoms with Crippen LogP contribution >= 0.6 is 0 Å². The molecule has 0 aliphatic carbocycles. The minimum absolute atomic E-state index is 1.16. The summed E-state index contributed by atoms with van der Waals surface area (Å²) in [6.07, 6.45) is 1.98. The molecule has 0 saturated carbocycles. The number of rotatable bonds is 1. The van der Waals surface area contributed by atoms with Crippen molar-refractivity contribution < 1.29 is 0 Å². The van der Waals surface area contributed by atoms with E-state index in [1.54, 1.807) is 0 Å². The normalized spacial score (nSPS) is 11.7. The van der Waals surface area contributed by atoms with Crippen LogP contribution in [0.5, 0.6) is 0 Å². The van der Waals surface area contributed by atoms with E-state index in [-0.39, 0.29) is 0 Å². The molecule has 1 heteroatoms. The SMILES string of the molecule is c1c[nH]c(-c2cccc3cc4cc5cc6ccccc6cc5cc4cc23)c1. The van der Waals surface area contributed by atoms with Crippen molar-refractivity contribution in [3.63, 3.8) is 0 Å². The zero-order valence-corrected chi connectivity index (χ0v) is 14.7. The summed E-state index contributed by atoms with van der Waals surface area (Å²) in [5, 5.41) is 10.3. The van der Waals surface area contributed by atoms with E-state index in [1.807, 2.05) is 12.3 Å². The molecular weight excluding hydrogens is 326 g/mol. The highest BCUT2D eigenvalue weighted by atomic mass is 14.7. The number of aromatic nitrogens is 1. The van der Waals surface area contributed by atoms with Crippen LogP contribution in [0.3, 0.4) is 0 Å². The van der Waals surface area contributed by atoms with Gasteiger partial charge < -0.3 is 4.98 Å². The van der Waals surface area contributed by atoms with Crippen LogP contribution < -0.4 is 0 Å². The van der Waals surface area contributed by atoms with Gasteiger partial charge in [0.2, 0.25) is 0 Å². The number of H-pyrrole nitrogens is 1. The molecule has 5 aromatic carbocycles. The van der Waals surface area contributed by atoms with E-state index >= 15 is 0 Å². The largest absolute Gasteiger partial charge is 0.361 e. The van der Waals surface area contributed by atoms with Crippen LogP contribution in [0.2, 0.25) is 0 Å². The summed E-state index contributed by atoms with van der Waals surface area (Å²) < 4.78 is 0. The Morgan fingerprint density at radius 2 is 1.04 bits per heavy atom. The smallest absolute Gasteiger partial charge is 0.0460 e. The molecule has 1 N–H and O–H groups in total. The molecule has 0 fully saturated rings. The highest BCUT2D eigenvalue weighted by Crippen LogP contribution is 2.33. The molecule has 1 nitrogen and oxygen atoms in total. The van der Waals surface area contributed by atoms with E-state index < -0.39 is 0 Å². The van der Waals surface area contributed by atoms with Crippen LogP contribution in [0.1, 0.15) is 0 Å². The van der Waals surface area contributed by atoms with Crippen LogP contribution in [-0.2, 0) is 0 Å². The first-order valence-corrected chi connectivity index (χ1v) is 9.28. The summed E-state index contributed by atoms with van der Waals surface area (Å²) in [5.41, 5.74) is 2.41. The zero-order chi connectivity index (χ0) is 17.8. The maximum atomic E-state index is 3.34. The van der Waals surface area contributed by atoms with E-state index in [0.29, 0.717) is 0 Å². The van der Waals surface area contributed by atoms with Crippen molar-refractivity contribution >= 4 is 43.1 Å². The molecule has 126 valence electrons. The molecule has 0 amide bonds. The Hall–Kier alpha value is -3.58. The van der Waals surface area contributed by atoms with Crippen LogP contribution in [0, 0.1) is 0 Å². The summed E-state index contributed by atoms with van der Waals surface area (Å²) in [7, 11) is 0. The topological polar surface area (TPSA) is 15.8 Å². The number of hydrogen-bond donors (Lipinski definition) is 1. The molecule has 0 atom stereocenters. The summed E-state index contributed by atoms with van der Waals surface area (Å²) >= 11 is 0. The van der Waals surface area contributed by atoms with Crippen molar-refractivity contribution in [2.24, 2.45) is 0 Å². The second kappa shape index (κ2) is 5.46. The Balaban J connectivity index is 1.70. The van der Waals surface area contributed by atoms with Crippen molar-refractivity contribution in [2.75, 3.05) is 0 Å². The van der Waals surface area contributed by atoms with Crippen molar-refractivity contribution in [2.45, 2.75) is 0 Å². The van der Waals surface area contributed by atoms with Gasteiger partial charge in [0, 0.05) is 17.5 Å².